The SMILES string of the molecule is CCN(CC)S(=O)(=O)c1cc(C(=O)Nc2cccc(N3CCCCC3)c2)n(C)c1. The fourth-order valence-corrected chi connectivity index (χ4v) is 5.27. The highest BCUT2D eigenvalue weighted by molar-refractivity contribution is 7.89. The second-order valence-electron chi connectivity index (χ2n) is 7.31. The molecule has 158 valence electrons. The summed E-state index contributed by atoms with van der Waals surface area (Å²) in [7, 11) is -1.92. The van der Waals surface area contributed by atoms with Crippen LogP contribution >= 0.6 is 0 Å². The first-order valence-electron chi connectivity index (χ1n) is 10.2. The zero-order valence-electron chi connectivity index (χ0n) is 17.4. The largest absolute Gasteiger partial charge is 0.371 e. The van der Waals surface area contributed by atoms with Crippen LogP contribution in [-0.4, -0.2) is 49.4 Å². The maximum absolute atomic E-state index is 12.8. The Kier molecular flexibility index (Phi) is 6.64. The Morgan fingerprint density at radius 1 is 1.10 bits per heavy atom. The van der Waals surface area contributed by atoms with E-state index in [0.717, 1.165) is 18.8 Å². The lowest BCUT2D eigenvalue weighted by atomic mass is 10.1. The molecule has 0 radical (unpaired) electrons. The molecule has 1 saturated heterocycles. The van der Waals surface area contributed by atoms with Crippen LogP contribution in [0, 0.1) is 0 Å². The first-order chi connectivity index (χ1) is 13.9. The summed E-state index contributed by atoms with van der Waals surface area (Å²) in [6.45, 7) is 6.43. The van der Waals surface area contributed by atoms with Gasteiger partial charge in [-0.3, -0.25) is 4.79 Å². The van der Waals surface area contributed by atoms with Gasteiger partial charge in [-0.05, 0) is 43.5 Å². The van der Waals surface area contributed by atoms with Gasteiger partial charge in [-0.15, -0.1) is 0 Å². The average molecular weight is 419 g/mol. The smallest absolute Gasteiger partial charge is 0.272 e. The van der Waals surface area contributed by atoms with Gasteiger partial charge in [0.1, 0.15) is 10.6 Å². The Morgan fingerprint density at radius 2 is 1.79 bits per heavy atom. The van der Waals surface area contributed by atoms with E-state index in [4.69, 9.17) is 0 Å². The number of benzene rings is 1. The molecule has 0 spiro atoms. The monoisotopic (exact) mass is 418 g/mol. The van der Waals surface area contributed by atoms with Crippen LogP contribution in [0.3, 0.4) is 0 Å². The predicted molar refractivity (Wildman–Crippen MR) is 116 cm³/mol. The fourth-order valence-electron chi connectivity index (χ4n) is 3.74. The number of hydrogen-bond acceptors (Lipinski definition) is 4. The van der Waals surface area contributed by atoms with Crippen molar-refractivity contribution in [3.8, 4) is 0 Å². The second-order valence-corrected chi connectivity index (χ2v) is 9.25. The standard InChI is InChI=1S/C21H30N4O3S/c1-4-25(5-2)29(27,28)19-15-20(23(3)16-19)21(26)22-17-10-9-11-18(14-17)24-12-7-6-8-13-24/h9-11,14-16H,4-8,12-13H2,1-3H3,(H,22,26). The topological polar surface area (TPSA) is 74.7 Å². The molecule has 0 unspecified atom stereocenters. The number of piperidine rings is 1. The number of carbonyl (C=O) groups is 1. The Morgan fingerprint density at radius 3 is 2.45 bits per heavy atom. The van der Waals surface area contributed by atoms with E-state index >= 15 is 0 Å². The van der Waals surface area contributed by atoms with Crippen LogP contribution in [-0.2, 0) is 17.1 Å². The zero-order valence-corrected chi connectivity index (χ0v) is 18.2. The van der Waals surface area contributed by atoms with E-state index < -0.39 is 10.0 Å². The maximum atomic E-state index is 12.8. The summed E-state index contributed by atoms with van der Waals surface area (Å²) in [5.41, 5.74) is 2.10. The molecule has 2 heterocycles. The van der Waals surface area contributed by atoms with Crippen LogP contribution in [0.1, 0.15) is 43.6 Å². The minimum absolute atomic E-state index is 0.135. The van der Waals surface area contributed by atoms with E-state index in [-0.39, 0.29) is 10.8 Å². The van der Waals surface area contributed by atoms with Gasteiger partial charge in [0.05, 0.1) is 0 Å². The van der Waals surface area contributed by atoms with Crippen LogP contribution in [0.25, 0.3) is 0 Å². The van der Waals surface area contributed by atoms with E-state index in [1.807, 2.05) is 18.2 Å². The van der Waals surface area contributed by atoms with Crippen molar-refractivity contribution in [1.82, 2.24) is 8.87 Å². The molecule has 0 aliphatic carbocycles. The summed E-state index contributed by atoms with van der Waals surface area (Å²) in [5.74, 6) is -0.329. The summed E-state index contributed by atoms with van der Waals surface area (Å²) in [6.07, 6.45) is 5.12. The molecule has 0 atom stereocenters. The highest BCUT2D eigenvalue weighted by Crippen LogP contribution is 2.24. The number of amides is 1. The van der Waals surface area contributed by atoms with Crippen molar-refractivity contribution < 1.29 is 13.2 Å². The van der Waals surface area contributed by atoms with Gasteiger partial charge in [-0.2, -0.15) is 4.31 Å². The van der Waals surface area contributed by atoms with E-state index in [0.29, 0.717) is 24.5 Å². The number of carbonyl (C=O) groups excluding carboxylic acids is 1. The van der Waals surface area contributed by atoms with Crippen molar-refractivity contribution in [2.75, 3.05) is 36.4 Å². The number of anilines is 2. The third-order valence-corrected chi connectivity index (χ3v) is 7.40. The Labute approximate surface area is 173 Å². The average Bonchev–Trinajstić information content (AvgIpc) is 3.12. The van der Waals surface area contributed by atoms with Gasteiger partial charge in [0.2, 0.25) is 10.0 Å². The van der Waals surface area contributed by atoms with Crippen LogP contribution in [0.2, 0.25) is 0 Å². The van der Waals surface area contributed by atoms with E-state index in [1.165, 1.54) is 35.8 Å². The van der Waals surface area contributed by atoms with Gasteiger partial charge in [0.15, 0.2) is 0 Å². The van der Waals surface area contributed by atoms with Gasteiger partial charge in [-0.25, -0.2) is 8.42 Å². The molecule has 1 aromatic carbocycles. The number of rotatable bonds is 7. The molecule has 8 heteroatoms. The van der Waals surface area contributed by atoms with Crippen molar-refractivity contribution in [2.24, 2.45) is 7.05 Å². The molecule has 1 amide bonds. The van der Waals surface area contributed by atoms with Gasteiger partial charge in [0, 0.05) is 50.8 Å². The van der Waals surface area contributed by atoms with Crippen molar-refractivity contribution in [2.45, 2.75) is 38.0 Å². The predicted octanol–water partition coefficient (Wildman–Crippen LogP) is 3.30. The van der Waals surface area contributed by atoms with Gasteiger partial charge < -0.3 is 14.8 Å². The summed E-state index contributed by atoms with van der Waals surface area (Å²) in [6, 6.07) is 9.25. The lowest BCUT2D eigenvalue weighted by Gasteiger charge is -2.29. The van der Waals surface area contributed by atoms with Crippen molar-refractivity contribution in [1.29, 1.82) is 0 Å². The number of sulfonamides is 1. The molecular formula is C21H30N4O3S. The Bertz CT molecular complexity index is 958. The molecule has 2 aromatic rings. The number of hydrogen-bond donors (Lipinski definition) is 1. The quantitative estimate of drug-likeness (QED) is 0.749. The molecular weight excluding hydrogens is 388 g/mol. The summed E-state index contributed by atoms with van der Waals surface area (Å²) < 4.78 is 28.4. The molecule has 1 fully saturated rings. The fraction of sp³-hybridized carbons (Fsp3) is 0.476. The van der Waals surface area contributed by atoms with Crippen LogP contribution in [0.5, 0.6) is 0 Å². The zero-order chi connectivity index (χ0) is 21.0. The third-order valence-electron chi connectivity index (χ3n) is 5.38. The highest BCUT2D eigenvalue weighted by atomic mass is 32.2. The number of nitrogens with zero attached hydrogens (tertiary/aromatic N) is 3. The number of nitrogens with one attached hydrogen (secondary N) is 1. The van der Waals surface area contributed by atoms with Crippen molar-refractivity contribution >= 4 is 27.3 Å². The normalized spacial score (nSPS) is 15.0. The second kappa shape index (κ2) is 9.00. The molecule has 1 aliphatic rings. The van der Waals surface area contributed by atoms with Gasteiger partial charge in [0.25, 0.3) is 5.91 Å². The van der Waals surface area contributed by atoms with E-state index in [9.17, 15) is 13.2 Å². The lowest BCUT2D eigenvalue weighted by molar-refractivity contribution is 0.101. The molecule has 7 nitrogen and oxygen atoms in total. The molecule has 1 aromatic heterocycles. The first-order valence-corrected chi connectivity index (χ1v) is 11.6. The summed E-state index contributed by atoms with van der Waals surface area (Å²) in [5, 5.41) is 2.91. The lowest BCUT2D eigenvalue weighted by Crippen LogP contribution is -2.30. The van der Waals surface area contributed by atoms with E-state index in [1.54, 1.807) is 25.5 Å². The molecule has 1 N–H and O–H groups in total. The molecule has 29 heavy (non-hydrogen) atoms. The van der Waals surface area contributed by atoms with Crippen molar-refractivity contribution in [3.63, 3.8) is 0 Å². The third kappa shape index (κ3) is 4.64. The van der Waals surface area contributed by atoms with Gasteiger partial charge >= 0.3 is 0 Å². The minimum atomic E-state index is -3.60. The van der Waals surface area contributed by atoms with Crippen LogP contribution < -0.4 is 10.2 Å². The number of aromatic nitrogens is 1. The Hall–Kier alpha value is -2.32. The molecule has 0 saturated carbocycles. The Balaban J connectivity index is 1.79. The maximum Gasteiger partial charge on any atom is 0.272 e. The van der Waals surface area contributed by atoms with Crippen LogP contribution in [0.4, 0.5) is 11.4 Å². The van der Waals surface area contributed by atoms with Gasteiger partial charge in [-0.1, -0.05) is 19.9 Å². The van der Waals surface area contributed by atoms with Crippen molar-refractivity contribution in [3.05, 3.63) is 42.2 Å². The molecule has 3 rings (SSSR count). The first kappa shape index (κ1) is 21.4. The summed E-state index contributed by atoms with van der Waals surface area (Å²) in [4.78, 5) is 15.3. The summed E-state index contributed by atoms with van der Waals surface area (Å²) >= 11 is 0. The van der Waals surface area contributed by atoms with Crippen LogP contribution in [0.15, 0.2) is 41.4 Å². The number of aryl methyl sites for hydroxylation is 1. The molecule has 1 aliphatic heterocycles. The molecule has 0 bridgehead atoms. The highest BCUT2D eigenvalue weighted by Gasteiger charge is 2.25. The minimum Gasteiger partial charge on any atom is -0.371 e. The van der Waals surface area contributed by atoms with E-state index in [2.05, 4.69) is 16.3 Å².